The van der Waals surface area contributed by atoms with Crippen LogP contribution in [0.25, 0.3) is 0 Å². The van der Waals surface area contributed by atoms with Crippen LogP contribution in [0.3, 0.4) is 0 Å². The van der Waals surface area contributed by atoms with Gasteiger partial charge >= 0.3 is 0 Å². The van der Waals surface area contributed by atoms with Crippen LogP contribution in [0.5, 0.6) is 0 Å². The molecule has 0 saturated heterocycles. The zero-order valence-electron chi connectivity index (χ0n) is 11.4. The van der Waals surface area contributed by atoms with Crippen molar-refractivity contribution in [2.45, 2.75) is 32.7 Å². The van der Waals surface area contributed by atoms with E-state index in [1.807, 2.05) is 13.0 Å². The second-order valence-electron chi connectivity index (χ2n) is 4.72. The zero-order valence-corrected chi connectivity index (χ0v) is 12.2. The standard InChI is InChI=1S/C14H18FN3S/c1-4-16-13(10-6-5-7-11(15)8-10)14-12(9(2)3)17-18-19-14/h5-9,13,16H,4H2,1-3H3. The lowest BCUT2D eigenvalue weighted by Crippen LogP contribution is -2.22. The Morgan fingerprint density at radius 1 is 1.37 bits per heavy atom. The van der Waals surface area contributed by atoms with E-state index in [1.54, 1.807) is 12.1 Å². The lowest BCUT2D eigenvalue weighted by Gasteiger charge is -2.18. The maximum absolute atomic E-state index is 13.4. The van der Waals surface area contributed by atoms with E-state index in [0.29, 0.717) is 5.92 Å². The van der Waals surface area contributed by atoms with Crippen LogP contribution in [-0.2, 0) is 0 Å². The molecule has 3 nitrogen and oxygen atoms in total. The second kappa shape index (κ2) is 6.21. The molecule has 0 radical (unpaired) electrons. The summed E-state index contributed by atoms with van der Waals surface area (Å²) in [5.41, 5.74) is 1.90. The minimum absolute atomic E-state index is 0.0434. The van der Waals surface area contributed by atoms with Gasteiger partial charge in [0.25, 0.3) is 0 Å². The number of nitrogens with one attached hydrogen (secondary N) is 1. The van der Waals surface area contributed by atoms with Gasteiger partial charge in [-0.3, -0.25) is 0 Å². The fourth-order valence-corrected chi connectivity index (χ4v) is 2.97. The lowest BCUT2D eigenvalue weighted by molar-refractivity contribution is 0.601. The van der Waals surface area contributed by atoms with E-state index in [2.05, 4.69) is 28.8 Å². The van der Waals surface area contributed by atoms with Gasteiger partial charge in [0, 0.05) is 0 Å². The summed E-state index contributed by atoms with van der Waals surface area (Å²) in [6.07, 6.45) is 0. The number of hydrogen-bond donors (Lipinski definition) is 1. The maximum Gasteiger partial charge on any atom is 0.123 e. The molecule has 1 N–H and O–H groups in total. The monoisotopic (exact) mass is 279 g/mol. The summed E-state index contributed by atoms with van der Waals surface area (Å²) in [6, 6.07) is 6.65. The molecule has 0 aliphatic carbocycles. The minimum atomic E-state index is -0.219. The van der Waals surface area contributed by atoms with Gasteiger partial charge in [-0.2, -0.15) is 0 Å². The van der Waals surface area contributed by atoms with Gasteiger partial charge < -0.3 is 5.32 Å². The van der Waals surface area contributed by atoms with Gasteiger partial charge in [-0.15, -0.1) is 5.10 Å². The summed E-state index contributed by atoms with van der Waals surface area (Å²) >= 11 is 1.38. The van der Waals surface area contributed by atoms with Crippen LogP contribution in [0.2, 0.25) is 0 Å². The topological polar surface area (TPSA) is 37.8 Å². The van der Waals surface area contributed by atoms with Crippen molar-refractivity contribution in [2.75, 3.05) is 6.54 Å². The Labute approximate surface area is 117 Å². The van der Waals surface area contributed by atoms with E-state index in [-0.39, 0.29) is 11.9 Å². The maximum atomic E-state index is 13.4. The average Bonchev–Trinajstić information content (AvgIpc) is 2.85. The molecule has 0 aliphatic rings. The molecule has 102 valence electrons. The van der Waals surface area contributed by atoms with Crippen LogP contribution in [0, 0.1) is 5.82 Å². The van der Waals surface area contributed by atoms with Crippen LogP contribution >= 0.6 is 11.5 Å². The van der Waals surface area contributed by atoms with Gasteiger partial charge in [0.05, 0.1) is 16.6 Å². The molecular formula is C14H18FN3S. The van der Waals surface area contributed by atoms with Crippen molar-refractivity contribution in [3.8, 4) is 0 Å². The third-order valence-electron chi connectivity index (χ3n) is 2.94. The van der Waals surface area contributed by atoms with Gasteiger partial charge in [0.1, 0.15) is 5.82 Å². The first-order valence-corrected chi connectivity index (χ1v) is 7.21. The van der Waals surface area contributed by atoms with E-state index in [0.717, 1.165) is 22.7 Å². The van der Waals surface area contributed by atoms with E-state index >= 15 is 0 Å². The summed E-state index contributed by atoms with van der Waals surface area (Å²) in [7, 11) is 0. The molecule has 0 saturated carbocycles. The van der Waals surface area contributed by atoms with Crippen molar-refractivity contribution in [1.29, 1.82) is 0 Å². The summed E-state index contributed by atoms with van der Waals surface area (Å²) in [5.74, 6) is 0.0902. The number of aromatic nitrogens is 2. The summed E-state index contributed by atoms with van der Waals surface area (Å²) in [5, 5.41) is 7.59. The van der Waals surface area contributed by atoms with Crippen LogP contribution < -0.4 is 5.32 Å². The van der Waals surface area contributed by atoms with E-state index in [4.69, 9.17) is 0 Å². The van der Waals surface area contributed by atoms with Crippen LogP contribution in [0.1, 0.15) is 48.9 Å². The Bertz CT molecular complexity index is 539. The molecule has 1 atom stereocenters. The highest BCUT2D eigenvalue weighted by molar-refractivity contribution is 7.05. The summed E-state index contributed by atoms with van der Waals surface area (Å²) in [4.78, 5) is 1.07. The van der Waals surface area contributed by atoms with E-state index < -0.39 is 0 Å². The smallest absolute Gasteiger partial charge is 0.123 e. The molecule has 0 spiro atoms. The highest BCUT2D eigenvalue weighted by Crippen LogP contribution is 2.30. The predicted molar refractivity (Wildman–Crippen MR) is 75.9 cm³/mol. The first-order chi connectivity index (χ1) is 9.13. The molecule has 2 aromatic rings. The normalized spacial score (nSPS) is 12.9. The van der Waals surface area contributed by atoms with Crippen molar-refractivity contribution < 1.29 is 4.39 Å². The van der Waals surface area contributed by atoms with Crippen molar-refractivity contribution in [3.05, 3.63) is 46.2 Å². The fraction of sp³-hybridized carbons (Fsp3) is 0.429. The van der Waals surface area contributed by atoms with Gasteiger partial charge in [0.15, 0.2) is 0 Å². The zero-order chi connectivity index (χ0) is 13.8. The van der Waals surface area contributed by atoms with E-state index in [1.165, 1.54) is 17.6 Å². The second-order valence-corrected chi connectivity index (χ2v) is 5.51. The number of rotatable bonds is 5. The highest BCUT2D eigenvalue weighted by Gasteiger charge is 2.22. The Hall–Kier alpha value is -1.33. The Morgan fingerprint density at radius 3 is 2.79 bits per heavy atom. The van der Waals surface area contributed by atoms with E-state index in [9.17, 15) is 4.39 Å². The number of benzene rings is 1. The Balaban J connectivity index is 2.42. The van der Waals surface area contributed by atoms with Crippen LogP contribution in [0.4, 0.5) is 4.39 Å². The highest BCUT2D eigenvalue weighted by atomic mass is 32.1. The van der Waals surface area contributed by atoms with Gasteiger partial charge in [-0.25, -0.2) is 4.39 Å². The largest absolute Gasteiger partial charge is 0.306 e. The average molecular weight is 279 g/mol. The van der Waals surface area contributed by atoms with Crippen molar-refractivity contribution in [2.24, 2.45) is 0 Å². The first-order valence-electron chi connectivity index (χ1n) is 6.44. The molecule has 19 heavy (non-hydrogen) atoms. The molecule has 0 aliphatic heterocycles. The van der Waals surface area contributed by atoms with Crippen molar-refractivity contribution >= 4 is 11.5 Å². The predicted octanol–water partition coefficient (Wildman–Crippen LogP) is 3.50. The molecule has 5 heteroatoms. The molecule has 0 fully saturated rings. The van der Waals surface area contributed by atoms with Crippen molar-refractivity contribution in [1.82, 2.24) is 14.9 Å². The quantitative estimate of drug-likeness (QED) is 0.910. The first kappa shape index (κ1) is 14.1. The fourth-order valence-electron chi connectivity index (χ4n) is 2.06. The third-order valence-corrected chi connectivity index (χ3v) is 3.74. The van der Waals surface area contributed by atoms with Gasteiger partial charge in [-0.05, 0) is 41.7 Å². The molecule has 0 amide bonds. The number of hydrogen-bond acceptors (Lipinski definition) is 4. The van der Waals surface area contributed by atoms with Crippen LogP contribution in [-0.4, -0.2) is 16.1 Å². The third kappa shape index (κ3) is 3.16. The molecule has 1 unspecified atom stereocenters. The molecule has 1 heterocycles. The lowest BCUT2D eigenvalue weighted by atomic mass is 10.00. The molecule has 2 rings (SSSR count). The Morgan fingerprint density at radius 2 is 2.16 bits per heavy atom. The molecule has 1 aromatic heterocycles. The molecular weight excluding hydrogens is 261 g/mol. The minimum Gasteiger partial charge on any atom is -0.306 e. The number of nitrogens with zero attached hydrogens (tertiary/aromatic N) is 2. The summed E-state index contributed by atoms with van der Waals surface area (Å²) in [6.45, 7) is 7.02. The van der Waals surface area contributed by atoms with Crippen LogP contribution in [0.15, 0.2) is 24.3 Å². The van der Waals surface area contributed by atoms with Gasteiger partial charge in [0.2, 0.25) is 0 Å². The SMILES string of the molecule is CCNC(c1cccc(F)c1)c1snnc1C(C)C. The number of halogens is 1. The summed E-state index contributed by atoms with van der Waals surface area (Å²) < 4.78 is 17.5. The molecule has 0 bridgehead atoms. The Kier molecular flexibility index (Phi) is 4.61. The molecule has 1 aromatic carbocycles. The van der Waals surface area contributed by atoms with Gasteiger partial charge in [-0.1, -0.05) is 37.4 Å². The van der Waals surface area contributed by atoms with Crippen molar-refractivity contribution in [3.63, 3.8) is 0 Å².